The second-order valence-corrected chi connectivity index (χ2v) is 8.86. The molecular weight excluding hydrogens is 472 g/mol. The molecule has 0 aliphatic carbocycles. The first-order valence-electron chi connectivity index (χ1n) is 11.5. The van der Waals surface area contributed by atoms with E-state index in [-0.39, 0.29) is 11.3 Å². The van der Waals surface area contributed by atoms with Crippen molar-refractivity contribution >= 4 is 29.1 Å². The molecule has 186 valence electrons. The van der Waals surface area contributed by atoms with Crippen LogP contribution in [0.2, 0.25) is 5.02 Å². The lowest BCUT2D eigenvalue weighted by atomic mass is 9.95. The van der Waals surface area contributed by atoms with Crippen molar-refractivity contribution in [1.82, 2.24) is 9.80 Å². The molecule has 9 heteroatoms. The van der Waals surface area contributed by atoms with Crippen molar-refractivity contribution < 1.29 is 28.9 Å². The number of ketones is 1. The lowest BCUT2D eigenvalue weighted by Crippen LogP contribution is -2.38. The quantitative estimate of drug-likeness (QED) is 0.337. The van der Waals surface area contributed by atoms with Crippen LogP contribution in [-0.4, -0.2) is 80.2 Å². The smallest absolute Gasteiger partial charge is 0.295 e. The summed E-state index contributed by atoms with van der Waals surface area (Å²) < 4.78 is 16.0. The SMILES string of the molecule is COc1ccc(/C(O)=C2\C(=O)C(=O)N(CCCN3CCOCC3)[C@@H]2c2cccc(Cl)c2)cc1OC. The average molecular weight is 501 g/mol. The van der Waals surface area contributed by atoms with Gasteiger partial charge in [-0.25, -0.2) is 0 Å². The van der Waals surface area contributed by atoms with Gasteiger partial charge < -0.3 is 24.2 Å². The third kappa shape index (κ3) is 5.29. The number of carbonyl (C=O) groups is 2. The Morgan fingerprint density at radius 2 is 1.80 bits per heavy atom. The highest BCUT2D eigenvalue weighted by Crippen LogP contribution is 2.41. The number of Topliss-reactive ketones (excluding diaryl/α,β-unsaturated/α-hetero) is 1. The third-order valence-electron chi connectivity index (χ3n) is 6.34. The predicted octanol–water partition coefficient (Wildman–Crippen LogP) is 3.50. The summed E-state index contributed by atoms with van der Waals surface area (Å²) in [6.45, 7) is 4.22. The van der Waals surface area contributed by atoms with Crippen LogP contribution in [0.1, 0.15) is 23.6 Å². The van der Waals surface area contributed by atoms with Crippen molar-refractivity contribution in [3.05, 3.63) is 64.2 Å². The van der Waals surface area contributed by atoms with Crippen molar-refractivity contribution in [2.75, 3.05) is 53.6 Å². The minimum atomic E-state index is -0.758. The summed E-state index contributed by atoms with van der Waals surface area (Å²) in [5, 5.41) is 11.7. The number of carbonyl (C=O) groups excluding carboxylic acids is 2. The zero-order valence-corrected chi connectivity index (χ0v) is 20.6. The molecule has 2 aliphatic heterocycles. The number of aliphatic hydroxyl groups excluding tert-OH is 1. The first kappa shape index (κ1) is 25.0. The number of hydrogen-bond donors (Lipinski definition) is 1. The molecule has 4 rings (SSSR count). The van der Waals surface area contributed by atoms with Gasteiger partial charge in [-0.05, 0) is 42.3 Å². The summed E-state index contributed by atoms with van der Waals surface area (Å²) in [6.07, 6.45) is 0.681. The van der Waals surface area contributed by atoms with Gasteiger partial charge in [0, 0.05) is 36.8 Å². The number of aliphatic hydroxyl groups is 1. The molecule has 0 radical (unpaired) electrons. The summed E-state index contributed by atoms with van der Waals surface area (Å²) in [7, 11) is 3.00. The van der Waals surface area contributed by atoms with Gasteiger partial charge in [-0.2, -0.15) is 0 Å². The Hall–Kier alpha value is -3.07. The maximum Gasteiger partial charge on any atom is 0.295 e. The van der Waals surface area contributed by atoms with Gasteiger partial charge in [0.2, 0.25) is 0 Å². The number of hydrogen-bond acceptors (Lipinski definition) is 7. The molecule has 2 heterocycles. The number of rotatable bonds is 8. The van der Waals surface area contributed by atoms with Crippen molar-refractivity contribution in [2.24, 2.45) is 0 Å². The molecule has 2 saturated heterocycles. The maximum atomic E-state index is 13.2. The Kier molecular flexibility index (Phi) is 7.95. The highest BCUT2D eigenvalue weighted by Gasteiger charge is 2.46. The number of methoxy groups -OCH3 is 2. The van der Waals surface area contributed by atoms with E-state index in [1.807, 2.05) is 0 Å². The van der Waals surface area contributed by atoms with E-state index in [1.165, 1.54) is 19.1 Å². The van der Waals surface area contributed by atoms with Crippen LogP contribution in [0.25, 0.3) is 5.76 Å². The van der Waals surface area contributed by atoms with Crippen molar-refractivity contribution in [3.8, 4) is 11.5 Å². The van der Waals surface area contributed by atoms with E-state index in [9.17, 15) is 14.7 Å². The van der Waals surface area contributed by atoms with Crippen LogP contribution >= 0.6 is 11.6 Å². The standard InChI is InChI=1S/C26H29ClN2O6/c1-33-20-8-7-18(16-21(20)34-2)24(30)22-23(17-5-3-6-19(27)15-17)29(26(32)25(22)31)10-4-9-28-11-13-35-14-12-28/h3,5-8,15-16,23,30H,4,9-14H2,1-2H3/b24-22+/t23-/m1/s1. The van der Waals surface area contributed by atoms with Crippen LogP contribution in [-0.2, 0) is 14.3 Å². The maximum absolute atomic E-state index is 13.2. The second-order valence-electron chi connectivity index (χ2n) is 8.42. The van der Waals surface area contributed by atoms with Gasteiger partial charge in [0.25, 0.3) is 11.7 Å². The van der Waals surface area contributed by atoms with Crippen LogP contribution in [0.15, 0.2) is 48.0 Å². The molecule has 0 unspecified atom stereocenters. The summed E-state index contributed by atoms with van der Waals surface area (Å²) in [5.41, 5.74) is 1.03. The normalized spacial score (nSPS) is 20.3. The average Bonchev–Trinajstić information content (AvgIpc) is 3.13. The van der Waals surface area contributed by atoms with Crippen LogP contribution in [0, 0.1) is 0 Å². The molecule has 2 fully saturated rings. The van der Waals surface area contributed by atoms with Gasteiger partial charge in [-0.15, -0.1) is 0 Å². The van der Waals surface area contributed by atoms with E-state index in [1.54, 1.807) is 42.5 Å². The molecule has 1 atom stereocenters. The summed E-state index contributed by atoms with van der Waals surface area (Å²) >= 11 is 6.25. The molecule has 0 aromatic heterocycles. The fraction of sp³-hybridized carbons (Fsp3) is 0.385. The van der Waals surface area contributed by atoms with Crippen LogP contribution in [0.5, 0.6) is 11.5 Å². The largest absolute Gasteiger partial charge is 0.507 e. The van der Waals surface area contributed by atoms with Gasteiger partial charge in [0.05, 0.1) is 39.0 Å². The van der Waals surface area contributed by atoms with Gasteiger partial charge in [0.1, 0.15) is 5.76 Å². The summed E-state index contributed by atoms with van der Waals surface area (Å²) in [4.78, 5) is 30.2. The number of likely N-dealkylation sites (tertiary alicyclic amines) is 1. The highest BCUT2D eigenvalue weighted by atomic mass is 35.5. The Labute approximate surface area is 209 Å². The lowest BCUT2D eigenvalue weighted by Gasteiger charge is -2.29. The van der Waals surface area contributed by atoms with E-state index < -0.39 is 17.7 Å². The Balaban J connectivity index is 1.70. The predicted molar refractivity (Wildman–Crippen MR) is 132 cm³/mol. The molecule has 2 aliphatic rings. The van der Waals surface area contributed by atoms with Crippen LogP contribution in [0.4, 0.5) is 0 Å². The van der Waals surface area contributed by atoms with Crippen molar-refractivity contribution in [3.63, 3.8) is 0 Å². The van der Waals surface area contributed by atoms with E-state index >= 15 is 0 Å². The summed E-state index contributed by atoms with van der Waals surface area (Å²) in [5.74, 6) is -0.757. The molecule has 8 nitrogen and oxygen atoms in total. The number of halogens is 1. The number of nitrogens with zero attached hydrogens (tertiary/aromatic N) is 2. The second kappa shape index (κ2) is 11.1. The molecule has 0 saturated carbocycles. The van der Waals surface area contributed by atoms with E-state index in [0.29, 0.717) is 53.8 Å². The van der Waals surface area contributed by atoms with Crippen molar-refractivity contribution in [1.29, 1.82) is 0 Å². The Morgan fingerprint density at radius 3 is 2.49 bits per heavy atom. The van der Waals surface area contributed by atoms with E-state index in [0.717, 1.165) is 19.6 Å². The highest BCUT2D eigenvalue weighted by molar-refractivity contribution is 6.46. The lowest BCUT2D eigenvalue weighted by molar-refractivity contribution is -0.140. The Bertz CT molecular complexity index is 1130. The zero-order chi connectivity index (χ0) is 24.9. The minimum Gasteiger partial charge on any atom is -0.507 e. The molecule has 1 N–H and O–H groups in total. The minimum absolute atomic E-state index is 0.0239. The van der Waals surface area contributed by atoms with Crippen molar-refractivity contribution in [2.45, 2.75) is 12.5 Å². The van der Waals surface area contributed by atoms with Gasteiger partial charge in [0.15, 0.2) is 11.5 Å². The van der Waals surface area contributed by atoms with Gasteiger partial charge in [-0.3, -0.25) is 14.5 Å². The molecule has 35 heavy (non-hydrogen) atoms. The topological polar surface area (TPSA) is 88.5 Å². The molecule has 1 amide bonds. The first-order chi connectivity index (χ1) is 16.9. The number of morpholine rings is 1. The molecule has 2 aromatic carbocycles. The van der Waals surface area contributed by atoms with E-state index in [4.69, 9.17) is 25.8 Å². The monoisotopic (exact) mass is 500 g/mol. The fourth-order valence-corrected chi connectivity index (χ4v) is 4.76. The number of amides is 1. The van der Waals surface area contributed by atoms with Crippen LogP contribution < -0.4 is 9.47 Å². The first-order valence-corrected chi connectivity index (χ1v) is 11.9. The Morgan fingerprint density at radius 1 is 1.06 bits per heavy atom. The number of ether oxygens (including phenoxy) is 3. The van der Waals surface area contributed by atoms with Crippen LogP contribution in [0.3, 0.4) is 0 Å². The zero-order valence-electron chi connectivity index (χ0n) is 19.8. The molecule has 0 bridgehead atoms. The third-order valence-corrected chi connectivity index (χ3v) is 6.57. The molecular formula is C26H29ClN2O6. The van der Waals surface area contributed by atoms with Gasteiger partial charge >= 0.3 is 0 Å². The fourth-order valence-electron chi connectivity index (χ4n) is 4.56. The molecule has 2 aromatic rings. The number of benzene rings is 2. The van der Waals surface area contributed by atoms with Gasteiger partial charge in [-0.1, -0.05) is 23.7 Å². The summed E-state index contributed by atoms with van der Waals surface area (Å²) in [6, 6.07) is 11.1. The molecule has 0 spiro atoms. The van der Waals surface area contributed by atoms with E-state index in [2.05, 4.69) is 4.90 Å².